The van der Waals surface area contributed by atoms with Gasteiger partial charge in [0.15, 0.2) is 0 Å². The Balaban J connectivity index is 2.11. The van der Waals surface area contributed by atoms with E-state index in [1.165, 1.54) is 0 Å². The third kappa shape index (κ3) is 2.92. The second-order valence-electron chi connectivity index (χ2n) is 4.62. The molecule has 1 fully saturated rings. The maximum Gasteiger partial charge on any atom is 0.219 e. The number of nitrogens with two attached hydrogens (primary N) is 1. The molecule has 0 spiro atoms. The summed E-state index contributed by atoms with van der Waals surface area (Å²) in [6.07, 6.45) is 0. The van der Waals surface area contributed by atoms with Crippen LogP contribution in [-0.2, 0) is 4.79 Å². The van der Waals surface area contributed by atoms with Gasteiger partial charge < -0.3 is 20.3 Å². The normalized spacial score (nSPS) is 15.5. The Bertz CT molecular complexity index is 454. The standard InChI is InChI=1S/C14H21N3O2/c1-3-19-13-6-4-5-12(14(13)15)17-9-7-16(8-10-17)11(2)18/h4-6H,3,7-10,15H2,1-2H3. The molecular weight excluding hydrogens is 242 g/mol. The molecule has 1 heterocycles. The lowest BCUT2D eigenvalue weighted by Gasteiger charge is -2.36. The third-order valence-electron chi connectivity index (χ3n) is 3.41. The van der Waals surface area contributed by atoms with Crippen molar-refractivity contribution in [1.29, 1.82) is 0 Å². The first-order valence-electron chi connectivity index (χ1n) is 6.65. The molecule has 0 saturated carbocycles. The molecule has 0 aliphatic carbocycles. The predicted octanol–water partition coefficient (Wildman–Crippen LogP) is 1.34. The molecule has 0 radical (unpaired) electrons. The van der Waals surface area contributed by atoms with Crippen LogP contribution >= 0.6 is 0 Å². The van der Waals surface area contributed by atoms with Gasteiger partial charge in [-0.25, -0.2) is 0 Å². The zero-order valence-corrected chi connectivity index (χ0v) is 11.6. The number of piperazine rings is 1. The van der Waals surface area contributed by atoms with Crippen LogP contribution in [0.25, 0.3) is 0 Å². The zero-order chi connectivity index (χ0) is 13.8. The van der Waals surface area contributed by atoms with E-state index in [1.807, 2.05) is 30.0 Å². The lowest BCUT2D eigenvalue weighted by Crippen LogP contribution is -2.48. The zero-order valence-electron chi connectivity index (χ0n) is 11.6. The molecule has 0 bridgehead atoms. The van der Waals surface area contributed by atoms with E-state index in [0.717, 1.165) is 37.6 Å². The van der Waals surface area contributed by atoms with Crippen molar-refractivity contribution >= 4 is 17.3 Å². The van der Waals surface area contributed by atoms with Crippen molar-refractivity contribution in [2.24, 2.45) is 0 Å². The van der Waals surface area contributed by atoms with Gasteiger partial charge in [0.05, 0.1) is 18.0 Å². The first-order chi connectivity index (χ1) is 9.13. The van der Waals surface area contributed by atoms with Gasteiger partial charge in [0.25, 0.3) is 0 Å². The summed E-state index contributed by atoms with van der Waals surface area (Å²) in [5.74, 6) is 0.865. The summed E-state index contributed by atoms with van der Waals surface area (Å²) in [5.41, 5.74) is 7.82. The average molecular weight is 263 g/mol. The largest absolute Gasteiger partial charge is 0.492 e. The fourth-order valence-electron chi connectivity index (χ4n) is 2.35. The minimum atomic E-state index is 0.135. The number of para-hydroxylation sites is 1. The van der Waals surface area contributed by atoms with E-state index < -0.39 is 0 Å². The predicted molar refractivity (Wildman–Crippen MR) is 76.5 cm³/mol. The number of hydrogen-bond acceptors (Lipinski definition) is 4. The molecule has 0 unspecified atom stereocenters. The van der Waals surface area contributed by atoms with Crippen LogP contribution < -0.4 is 15.4 Å². The number of carbonyl (C=O) groups is 1. The van der Waals surface area contributed by atoms with Crippen molar-refractivity contribution in [3.63, 3.8) is 0 Å². The van der Waals surface area contributed by atoms with E-state index in [0.29, 0.717) is 12.3 Å². The Morgan fingerprint density at radius 3 is 2.58 bits per heavy atom. The van der Waals surface area contributed by atoms with Crippen molar-refractivity contribution in [2.45, 2.75) is 13.8 Å². The lowest BCUT2D eigenvalue weighted by molar-refractivity contribution is -0.129. The summed E-state index contributed by atoms with van der Waals surface area (Å²) in [4.78, 5) is 15.4. The number of benzene rings is 1. The van der Waals surface area contributed by atoms with Gasteiger partial charge in [0.1, 0.15) is 5.75 Å². The van der Waals surface area contributed by atoms with Crippen LogP contribution in [-0.4, -0.2) is 43.6 Å². The van der Waals surface area contributed by atoms with Crippen molar-refractivity contribution in [2.75, 3.05) is 43.4 Å². The van der Waals surface area contributed by atoms with Crippen molar-refractivity contribution < 1.29 is 9.53 Å². The minimum Gasteiger partial charge on any atom is -0.492 e. The highest BCUT2D eigenvalue weighted by Crippen LogP contribution is 2.32. The Labute approximate surface area is 113 Å². The van der Waals surface area contributed by atoms with Crippen molar-refractivity contribution in [1.82, 2.24) is 4.90 Å². The van der Waals surface area contributed by atoms with Crippen LogP contribution in [0.1, 0.15) is 13.8 Å². The van der Waals surface area contributed by atoms with Crippen LogP contribution in [0.3, 0.4) is 0 Å². The summed E-state index contributed by atoms with van der Waals surface area (Å²) in [6.45, 7) is 7.25. The summed E-state index contributed by atoms with van der Waals surface area (Å²) in [5, 5.41) is 0. The summed E-state index contributed by atoms with van der Waals surface area (Å²) in [7, 11) is 0. The second-order valence-corrected chi connectivity index (χ2v) is 4.62. The quantitative estimate of drug-likeness (QED) is 0.836. The Hall–Kier alpha value is -1.91. The lowest BCUT2D eigenvalue weighted by atomic mass is 10.2. The monoisotopic (exact) mass is 263 g/mol. The van der Waals surface area contributed by atoms with Crippen LogP contribution in [0.15, 0.2) is 18.2 Å². The molecule has 1 saturated heterocycles. The van der Waals surface area contributed by atoms with E-state index in [4.69, 9.17) is 10.5 Å². The van der Waals surface area contributed by atoms with E-state index in [1.54, 1.807) is 6.92 Å². The van der Waals surface area contributed by atoms with Crippen LogP contribution in [0.2, 0.25) is 0 Å². The van der Waals surface area contributed by atoms with E-state index >= 15 is 0 Å². The number of ether oxygens (including phenoxy) is 1. The van der Waals surface area contributed by atoms with Gasteiger partial charge in [0, 0.05) is 33.1 Å². The molecule has 2 N–H and O–H groups in total. The molecule has 1 aromatic rings. The van der Waals surface area contributed by atoms with Gasteiger partial charge in [-0.2, -0.15) is 0 Å². The Morgan fingerprint density at radius 2 is 2.00 bits per heavy atom. The number of nitrogen functional groups attached to an aromatic ring is 1. The van der Waals surface area contributed by atoms with Gasteiger partial charge in [-0.05, 0) is 19.1 Å². The highest BCUT2D eigenvalue weighted by atomic mass is 16.5. The highest BCUT2D eigenvalue weighted by molar-refractivity contribution is 5.76. The smallest absolute Gasteiger partial charge is 0.219 e. The molecule has 1 amide bonds. The average Bonchev–Trinajstić information content (AvgIpc) is 2.41. The second kappa shape index (κ2) is 5.82. The maximum absolute atomic E-state index is 11.3. The first kappa shape index (κ1) is 13.5. The highest BCUT2D eigenvalue weighted by Gasteiger charge is 2.20. The summed E-state index contributed by atoms with van der Waals surface area (Å²) >= 11 is 0. The van der Waals surface area contributed by atoms with Crippen molar-refractivity contribution in [3.05, 3.63) is 18.2 Å². The molecular formula is C14H21N3O2. The van der Waals surface area contributed by atoms with Crippen LogP contribution in [0.5, 0.6) is 5.75 Å². The molecule has 19 heavy (non-hydrogen) atoms. The molecule has 104 valence electrons. The number of hydrogen-bond donors (Lipinski definition) is 1. The van der Waals surface area contributed by atoms with Gasteiger partial charge in [0.2, 0.25) is 5.91 Å². The van der Waals surface area contributed by atoms with Crippen LogP contribution in [0, 0.1) is 0 Å². The Kier molecular flexibility index (Phi) is 4.14. The van der Waals surface area contributed by atoms with Gasteiger partial charge >= 0.3 is 0 Å². The maximum atomic E-state index is 11.3. The fourth-order valence-corrected chi connectivity index (χ4v) is 2.35. The fraction of sp³-hybridized carbons (Fsp3) is 0.500. The van der Waals surface area contributed by atoms with E-state index in [9.17, 15) is 4.79 Å². The molecule has 5 nitrogen and oxygen atoms in total. The van der Waals surface area contributed by atoms with E-state index in [-0.39, 0.29) is 5.91 Å². The number of nitrogens with zero attached hydrogens (tertiary/aromatic N) is 2. The van der Waals surface area contributed by atoms with E-state index in [2.05, 4.69) is 4.90 Å². The molecule has 1 aromatic carbocycles. The number of anilines is 2. The van der Waals surface area contributed by atoms with Gasteiger partial charge in [-0.3, -0.25) is 4.79 Å². The summed E-state index contributed by atoms with van der Waals surface area (Å²) in [6, 6.07) is 5.84. The molecule has 5 heteroatoms. The molecule has 0 atom stereocenters. The third-order valence-corrected chi connectivity index (χ3v) is 3.41. The van der Waals surface area contributed by atoms with Crippen molar-refractivity contribution in [3.8, 4) is 5.75 Å². The van der Waals surface area contributed by atoms with Crippen LogP contribution in [0.4, 0.5) is 11.4 Å². The molecule has 1 aliphatic heterocycles. The molecule has 1 aliphatic rings. The number of rotatable bonds is 3. The summed E-state index contributed by atoms with van der Waals surface area (Å²) < 4.78 is 5.51. The molecule has 0 aromatic heterocycles. The SMILES string of the molecule is CCOc1cccc(N2CCN(C(C)=O)CC2)c1N. The minimum absolute atomic E-state index is 0.135. The number of amides is 1. The van der Waals surface area contributed by atoms with Gasteiger partial charge in [-0.1, -0.05) is 6.07 Å². The Morgan fingerprint density at radius 1 is 1.32 bits per heavy atom. The topological polar surface area (TPSA) is 58.8 Å². The number of carbonyl (C=O) groups excluding carboxylic acids is 1. The molecule has 2 rings (SSSR count). The first-order valence-corrected chi connectivity index (χ1v) is 6.65. The van der Waals surface area contributed by atoms with Gasteiger partial charge in [-0.15, -0.1) is 0 Å².